The van der Waals surface area contributed by atoms with Gasteiger partial charge in [-0.2, -0.15) is 0 Å². The normalized spacial score (nSPS) is 16.4. The summed E-state index contributed by atoms with van der Waals surface area (Å²) in [4.78, 5) is 18.1. The number of nitrogens with zero attached hydrogens (tertiary/aromatic N) is 2. The minimum absolute atomic E-state index is 0.284. The zero-order valence-corrected chi connectivity index (χ0v) is 12.1. The lowest BCUT2D eigenvalue weighted by Gasteiger charge is -2.21. The summed E-state index contributed by atoms with van der Waals surface area (Å²) in [6.07, 6.45) is 3.29. The maximum Gasteiger partial charge on any atom is 0.374 e. The van der Waals surface area contributed by atoms with Gasteiger partial charge in [-0.15, -0.1) is 11.3 Å². The Bertz CT molecular complexity index is 457. The van der Waals surface area contributed by atoms with Crippen molar-refractivity contribution in [2.45, 2.75) is 17.7 Å². The van der Waals surface area contributed by atoms with Crippen molar-refractivity contribution >= 4 is 34.0 Å². The van der Waals surface area contributed by atoms with Crippen molar-refractivity contribution in [2.75, 3.05) is 26.7 Å². The van der Waals surface area contributed by atoms with Crippen LogP contribution in [-0.2, 0) is 4.74 Å². The Labute approximate surface area is 115 Å². The predicted octanol–water partition coefficient (Wildman–Crippen LogP) is 3.11. The highest BCUT2D eigenvalue weighted by Gasteiger charge is 2.15. The zero-order valence-electron chi connectivity index (χ0n) is 10.5. The Kier molecular flexibility index (Phi) is 4.79. The smallest absolute Gasteiger partial charge is 0.374 e. The van der Waals surface area contributed by atoms with E-state index in [9.17, 15) is 4.79 Å². The van der Waals surface area contributed by atoms with Crippen molar-refractivity contribution in [1.29, 1.82) is 0 Å². The third-order valence-corrected chi connectivity index (χ3v) is 4.31. The van der Waals surface area contributed by atoms with Crippen molar-refractivity contribution in [3.05, 3.63) is 17.2 Å². The summed E-state index contributed by atoms with van der Waals surface area (Å²) in [5.41, 5.74) is 2.23. The molecule has 2 heterocycles. The molecule has 1 aromatic heterocycles. The number of rotatable bonds is 3. The van der Waals surface area contributed by atoms with Gasteiger partial charge in [-0.25, -0.2) is 9.78 Å². The molecule has 0 aromatic carbocycles. The lowest BCUT2D eigenvalue weighted by atomic mass is 10.1. The van der Waals surface area contributed by atoms with Gasteiger partial charge in [-0.05, 0) is 26.0 Å². The number of hydrogen-bond acceptors (Lipinski definition) is 6. The summed E-state index contributed by atoms with van der Waals surface area (Å²) >= 11 is 2.55. The molecular weight excluding hydrogens is 268 g/mol. The van der Waals surface area contributed by atoms with E-state index in [0.29, 0.717) is 6.61 Å². The largest absolute Gasteiger partial charge is 0.458 e. The summed E-state index contributed by atoms with van der Waals surface area (Å²) < 4.78 is 5.63. The molecule has 0 unspecified atom stereocenters. The molecule has 4 nitrogen and oxygen atoms in total. The van der Waals surface area contributed by atoms with Crippen LogP contribution in [0.15, 0.2) is 15.8 Å². The van der Waals surface area contributed by atoms with Crippen molar-refractivity contribution in [3.63, 3.8) is 0 Å². The number of thiazole rings is 1. The van der Waals surface area contributed by atoms with Crippen LogP contribution in [0.5, 0.6) is 0 Å². The number of likely N-dealkylation sites (N-methyl/N-ethyl adjacent to an activating group) is 1. The van der Waals surface area contributed by atoms with Crippen molar-refractivity contribution in [3.8, 4) is 0 Å². The van der Waals surface area contributed by atoms with E-state index >= 15 is 0 Å². The highest BCUT2D eigenvalue weighted by Crippen LogP contribution is 2.28. The van der Waals surface area contributed by atoms with Crippen LogP contribution >= 0.6 is 23.1 Å². The summed E-state index contributed by atoms with van der Waals surface area (Å²) in [6.45, 7) is 4.22. The minimum Gasteiger partial charge on any atom is -0.458 e. The predicted molar refractivity (Wildman–Crippen MR) is 75.1 cm³/mol. The summed E-state index contributed by atoms with van der Waals surface area (Å²) in [6, 6.07) is 0. The molecule has 0 aliphatic carbocycles. The molecule has 98 valence electrons. The maximum absolute atomic E-state index is 11.3. The highest BCUT2D eigenvalue weighted by atomic mass is 32.2. The number of ether oxygens (including phenoxy) is 1. The fourth-order valence-corrected chi connectivity index (χ4v) is 3.32. The van der Waals surface area contributed by atoms with Crippen LogP contribution in [0, 0.1) is 0 Å². The van der Waals surface area contributed by atoms with Gasteiger partial charge >= 0.3 is 5.30 Å². The average molecular weight is 284 g/mol. The number of hydrogen-bond donors (Lipinski definition) is 0. The summed E-state index contributed by atoms with van der Waals surface area (Å²) in [7, 11) is 2.10. The topological polar surface area (TPSA) is 42.4 Å². The first-order chi connectivity index (χ1) is 8.69. The van der Waals surface area contributed by atoms with E-state index in [1.54, 1.807) is 6.92 Å². The van der Waals surface area contributed by atoms with Crippen molar-refractivity contribution in [2.24, 2.45) is 0 Å². The van der Waals surface area contributed by atoms with Gasteiger partial charge in [0.25, 0.3) is 0 Å². The van der Waals surface area contributed by atoms with Gasteiger partial charge in [-0.1, -0.05) is 6.08 Å². The van der Waals surface area contributed by atoms with E-state index < -0.39 is 0 Å². The lowest BCUT2D eigenvalue weighted by Crippen LogP contribution is -2.24. The quantitative estimate of drug-likeness (QED) is 0.630. The standard InChI is InChI=1S/C12H16N2O2S2/c1-3-16-12(15)18-11-13-10(8-17-11)9-5-4-6-14(2)7-9/h5,8H,3-4,6-7H2,1-2H3. The first kappa shape index (κ1) is 13.6. The molecule has 0 radical (unpaired) electrons. The van der Waals surface area contributed by atoms with Gasteiger partial charge in [0.15, 0.2) is 4.34 Å². The Balaban J connectivity index is 2.01. The molecule has 0 amide bonds. The van der Waals surface area contributed by atoms with Crippen molar-refractivity contribution < 1.29 is 9.53 Å². The lowest BCUT2D eigenvalue weighted by molar-refractivity contribution is 0.181. The fraction of sp³-hybridized carbons (Fsp3) is 0.500. The van der Waals surface area contributed by atoms with E-state index in [4.69, 9.17) is 4.74 Å². The second-order valence-corrected chi connectivity index (χ2v) is 6.08. The van der Waals surface area contributed by atoms with E-state index in [-0.39, 0.29) is 5.30 Å². The molecule has 1 aliphatic heterocycles. The second-order valence-electron chi connectivity index (χ2n) is 4.04. The van der Waals surface area contributed by atoms with Gasteiger partial charge in [0.1, 0.15) is 0 Å². The molecule has 1 aromatic rings. The highest BCUT2D eigenvalue weighted by molar-refractivity contribution is 8.14. The van der Waals surface area contributed by atoms with Gasteiger partial charge in [0.05, 0.1) is 12.3 Å². The molecule has 0 fully saturated rings. The molecular formula is C12H16N2O2S2. The van der Waals surface area contributed by atoms with Crippen LogP contribution in [0.2, 0.25) is 0 Å². The molecule has 0 saturated carbocycles. The van der Waals surface area contributed by atoms with Crippen LogP contribution in [0.25, 0.3) is 5.57 Å². The Morgan fingerprint density at radius 1 is 1.67 bits per heavy atom. The maximum atomic E-state index is 11.3. The third-order valence-electron chi connectivity index (χ3n) is 2.59. The van der Waals surface area contributed by atoms with Crippen LogP contribution < -0.4 is 0 Å². The molecule has 0 spiro atoms. The molecule has 18 heavy (non-hydrogen) atoms. The Morgan fingerprint density at radius 2 is 2.50 bits per heavy atom. The second kappa shape index (κ2) is 6.36. The molecule has 2 rings (SSSR count). The van der Waals surface area contributed by atoms with Crippen LogP contribution in [0.3, 0.4) is 0 Å². The number of carbonyl (C=O) groups is 1. The monoisotopic (exact) mass is 284 g/mol. The Hall–Kier alpha value is -0.850. The molecule has 1 aliphatic rings. The SMILES string of the molecule is CCOC(=O)Sc1nc(C2=CCCN(C)C2)cs1. The van der Waals surface area contributed by atoms with Crippen LogP contribution in [0.1, 0.15) is 19.0 Å². The van der Waals surface area contributed by atoms with E-state index in [1.807, 2.05) is 5.38 Å². The van der Waals surface area contributed by atoms with Gasteiger partial charge in [0, 0.05) is 30.2 Å². The Morgan fingerprint density at radius 3 is 3.22 bits per heavy atom. The van der Waals surface area contributed by atoms with E-state index in [1.165, 1.54) is 16.9 Å². The summed E-state index contributed by atoms with van der Waals surface area (Å²) in [5.74, 6) is 0. The first-order valence-electron chi connectivity index (χ1n) is 5.87. The van der Waals surface area contributed by atoms with Crippen molar-refractivity contribution in [1.82, 2.24) is 9.88 Å². The van der Waals surface area contributed by atoms with Gasteiger partial charge in [0.2, 0.25) is 0 Å². The van der Waals surface area contributed by atoms with E-state index in [0.717, 1.165) is 41.3 Å². The van der Waals surface area contributed by atoms with Crippen LogP contribution in [-0.4, -0.2) is 41.9 Å². The zero-order chi connectivity index (χ0) is 13.0. The number of thioether (sulfide) groups is 1. The average Bonchev–Trinajstić information content (AvgIpc) is 2.78. The number of aromatic nitrogens is 1. The molecule has 6 heteroatoms. The number of carbonyl (C=O) groups excluding carboxylic acids is 1. The molecule has 0 bridgehead atoms. The molecule has 0 atom stereocenters. The molecule has 0 N–H and O–H groups in total. The summed E-state index contributed by atoms with van der Waals surface area (Å²) in [5, 5.41) is 1.72. The third kappa shape index (κ3) is 3.57. The van der Waals surface area contributed by atoms with Crippen LogP contribution in [0.4, 0.5) is 4.79 Å². The minimum atomic E-state index is -0.284. The van der Waals surface area contributed by atoms with Gasteiger partial charge < -0.3 is 9.64 Å². The first-order valence-corrected chi connectivity index (χ1v) is 7.56. The van der Waals surface area contributed by atoms with Gasteiger partial charge in [-0.3, -0.25) is 0 Å². The molecule has 0 saturated heterocycles. The fourth-order valence-electron chi connectivity index (χ4n) is 1.75. The van der Waals surface area contributed by atoms with E-state index in [2.05, 4.69) is 23.0 Å².